The molecule has 0 aromatic heterocycles. The molecule has 0 heterocycles. The minimum Gasteiger partial charge on any atom is -0.595 e. The molecule has 0 aliphatic rings. The van der Waals surface area contributed by atoms with Crippen molar-refractivity contribution in [1.29, 1.82) is 0 Å². The van der Waals surface area contributed by atoms with Gasteiger partial charge >= 0.3 is 6.09 Å². The highest BCUT2D eigenvalue weighted by molar-refractivity contribution is 7.89. The van der Waals surface area contributed by atoms with Crippen LogP contribution >= 0.6 is 0 Å². The van der Waals surface area contributed by atoms with E-state index in [-0.39, 0.29) is 17.1 Å². The molecule has 3 N–H and O–H groups in total. The molecular weight excluding hydrogens is 398 g/mol. The van der Waals surface area contributed by atoms with Crippen molar-refractivity contribution in [3.63, 3.8) is 0 Å². The molecule has 9 nitrogen and oxygen atoms in total. The van der Waals surface area contributed by atoms with Crippen LogP contribution in [0.5, 0.6) is 0 Å². The average Bonchev–Trinajstić information content (AvgIpc) is 2.64. The average molecular weight is 432 g/mol. The van der Waals surface area contributed by atoms with Gasteiger partial charge in [-0.05, 0) is 46.1 Å². The Labute approximate surface area is 173 Å². The SMILES string of the molecule is CCC(CC)(CCNS(=O)(=O)c1ccccc1[NH+]([O-])OC)NC(=O)OC(C)(C)C. The molecule has 0 spiro atoms. The maximum absolute atomic E-state index is 12.7. The number of quaternary nitrogens is 1. The molecule has 0 aliphatic heterocycles. The van der Waals surface area contributed by atoms with Gasteiger partial charge in [0.25, 0.3) is 0 Å². The van der Waals surface area contributed by atoms with Gasteiger partial charge in [0.15, 0.2) is 5.69 Å². The van der Waals surface area contributed by atoms with Crippen molar-refractivity contribution in [1.82, 2.24) is 10.0 Å². The summed E-state index contributed by atoms with van der Waals surface area (Å²) in [4.78, 5) is 16.7. The lowest BCUT2D eigenvalue weighted by molar-refractivity contribution is -0.993. The predicted octanol–water partition coefficient (Wildman–Crippen LogP) is 2.01. The molecule has 0 saturated heterocycles. The Hall–Kier alpha value is -1.72. The lowest BCUT2D eigenvalue weighted by atomic mass is 9.89. The molecule has 1 rings (SSSR count). The van der Waals surface area contributed by atoms with Crippen molar-refractivity contribution in [2.45, 2.75) is 69.9 Å². The van der Waals surface area contributed by atoms with Crippen molar-refractivity contribution in [2.75, 3.05) is 13.7 Å². The maximum atomic E-state index is 12.7. The molecule has 1 aromatic rings. The second-order valence-corrected chi connectivity index (χ2v) is 9.49. The lowest BCUT2D eigenvalue weighted by Crippen LogP contribution is -3.00. The van der Waals surface area contributed by atoms with E-state index in [1.807, 2.05) is 13.8 Å². The fourth-order valence-electron chi connectivity index (χ4n) is 2.84. The molecule has 0 saturated carbocycles. The summed E-state index contributed by atoms with van der Waals surface area (Å²) in [7, 11) is -2.74. The molecule has 1 aromatic carbocycles. The van der Waals surface area contributed by atoms with Gasteiger partial charge in [-0.2, -0.15) is 5.23 Å². The second-order valence-electron chi connectivity index (χ2n) is 7.75. The Kier molecular flexibility index (Phi) is 9.04. The van der Waals surface area contributed by atoms with Gasteiger partial charge in [0.2, 0.25) is 10.0 Å². The van der Waals surface area contributed by atoms with E-state index in [2.05, 4.69) is 14.9 Å². The van der Waals surface area contributed by atoms with Gasteiger partial charge in [-0.1, -0.05) is 26.0 Å². The highest BCUT2D eigenvalue weighted by atomic mass is 32.2. The van der Waals surface area contributed by atoms with E-state index in [9.17, 15) is 18.4 Å². The Balaban J connectivity index is 2.89. The summed E-state index contributed by atoms with van der Waals surface area (Å²) < 4.78 is 33.3. The van der Waals surface area contributed by atoms with E-state index >= 15 is 0 Å². The van der Waals surface area contributed by atoms with Crippen molar-refractivity contribution in [2.24, 2.45) is 0 Å². The Bertz CT molecular complexity index is 772. The molecule has 1 amide bonds. The molecule has 0 aliphatic carbocycles. The van der Waals surface area contributed by atoms with Gasteiger partial charge in [-0.15, -0.1) is 0 Å². The first-order chi connectivity index (χ1) is 13.4. The van der Waals surface area contributed by atoms with Crippen LogP contribution in [0, 0.1) is 5.21 Å². The number of amides is 1. The van der Waals surface area contributed by atoms with E-state index in [0.29, 0.717) is 19.3 Å². The molecule has 1 unspecified atom stereocenters. The number of carbonyl (C=O) groups is 1. The van der Waals surface area contributed by atoms with E-state index in [1.165, 1.54) is 25.3 Å². The molecule has 0 bridgehead atoms. The molecule has 29 heavy (non-hydrogen) atoms. The predicted molar refractivity (Wildman–Crippen MR) is 110 cm³/mol. The Morgan fingerprint density at radius 1 is 1.17 bits per heavy atom. The minimum absolute atomic E-state index is 0.0355. The van der Waals surface area contributed by atoms with Crippen molar-refractivity contribution >= 4 is 21.8 Å². The maximum Gasteiger partial charge on any atom is 0.408 e. The third-order valence-corrected chi connectivity index (χ3v) is 6.12. The molecule has 10 heteroatoms. The van der Waals surface area contributed by atoms with Crippen LogP contribution in [-0.4, -0.2) is 39.3 Å². The third-order valence-electron chi connectivity index (χ3n) is 4.60. The Morgan fingerprint density at radius 3 is 2.28 bits per heavy atom. The number of nitrogens with one attached hydrogen (secondary N) is 3. The first-order valence-corrected chi connectivity index (χ1v) is 11.1. The van der Waals surface area contributed by atoms with E-state index in [4.69, 9.17) is 4.74 Å². The van der Waals surface area contributed by atoms with Crippen molar-refractivity contribution < 1.29 is 28.0 Å². The number of alkyl carbamates (subject to hydrolysis) is 1. The monoisotopic (exact) mass is 431 g/mol. The molecular formula is C19H33N3O6S. The van der Waals surface area contributed by atoms with E-state index < -0.39 is 32.5 Å². The topological polar surface area (TPSA) is 121 Å². The van der Waals surface area contributed by atoms with Crippen LogP contribution in [0.25, 0.3) is 0 Å². The standard InChI is InChI=1S/C19H33N3O6S/c1-7-19(8-2,21-17(23)28-18(3,4)5)13-14-20-29(25,26)16-12-10-9-11-15(16)22(24)27-6/h9-12,20,22H,7-8,13-14H2,1-6H3,(H,21,23). The number of sulfonamides is 1. The molecule has 0 radical (unpaired) electrons. The first kappa shape index (κ1) is 25.3. The fraction of sp³-hybridized carbons (Fsp3) is 0.632. The number of rotatable bonds is 10. The zero-order chi connectivity index (χ0) is 22.3. The largest absolute Gasteiger partial charge is 0.595 e. The Morgan fingerprint density at radius 2 is 1.76 bits per heavy atom. The van der Waals surface area contributed by atoms with E-state index in [1.54, 1.807) is 26.8 Å². The fourth-order valence-corrected chi connectivity index (χ4v) is 4.07. The summed E-state index contributed by atoms with van der Waals surface area (Å²) in [5.41, 5.74) is -1.28. The smallest absolute Gasteiger partial charge is 0.408 e. The summed E-state index contributed by atoms with van der Waals surface area (Å²) >= 11 is 0. The highest BCUT2D eigenvalue weighted by Gasteiger charge is 2.31. The van der Waals surface area contributed by atoms with Crippen LogP contribution in [-0.2, 0) is 19.6 Å². The quantitative estimate of drug-likeness (QED) is 0.487. The van der Waals surface area contributed by atoms with Crippen LogP contribution in [0.3, 0.4) is 0 Å². The number of hydrogen-bond acceptors (Lipinski definition) is 6. The van der Waals surface area contributed by atoms with Gasteiger partial charge in [-0.3, -0.25) is 0 Å². The molecule has 166 valence electrons. The number of ether oxygens (including phenoxy) is 1. The van der Waals surface area contributed by atoms with Gasteiger partial charge in [0, 0.05) is 18.2 Å². The minimum atomic E-state index is -3.94. The van der Waals surface area contributed by atoms with Gasteiger partial charge < -0.3 is 15.3 Å². The summed E-state index contributed by atoms with van der Waals surface area (Å²) in [6.45, 7) is 9.25. The summed E-state index contributed by atoms with van der Waals surface area (Å²) in [5.74, 6) is 0. The highest BCUT2D eigenvalue weighted by Crippen LogP contribution is 2.22. The van der Waals surface area contributed by atoms with Crippen LogP contribution in [0.2, 0.25) is 0 Å². The first-order valence-electron chi connectivity index (χ1n) is 9.58. The summed E-state index contributed by atoms with van der Waals surface area (Å²) in [6, 6.07) is 5.84. The zero-order valence-corrected chi connectivity index (χ0v) is 18.8. The normalized spacial score (nSPS) is 13.8. The van der Waals surface area contributed by atoms with Crippen molar-refractivity contribution in [3.05, 3.63) is 29.5 Å². The number of benzene rings is 1. The molecule has 0 fully saturated rings. The van der Waals surface area contributed by atoms with Crippen molar-refractivity contribution in [3.8, 4) is 0 Å². The lowest BCUT2D eigenvalue weighted by Gasteiger charge is -2.34. The number of carbonyl (C=O) groups excluding carboxylic acids is 1. The van der Waals surface area contributed by atoms with Gasteiger partial charge in [0.1, 0.15) is 10.5 Å². The van der Waals surface area contributed by atoms with Crippen LogP contribution in [0.15, 0.2) is 29.2 Å². The van der Waals surface area contributed by atoms with Gasteiger partial charge in [0.05, 0.1) is 7.11 Å². The second kappa shape index (κ2) is 10.4. The zero-order valence-electron chi connectivity index (χ0n) is 18.0. The van der Waals surface area contributed by atoms with Crippen LogP contribution < -0.4 is 15.3 Å². The summed E-state index contributed by atoms with van der Waals surface area (Å²) in [6.07, 6.45) is 1.02. The van der Waals surface area contributed by atoms with Crippen LogP contribution in [0.4, 0.5) is 10.5 Å². The van der Waals surface area contributed by atoms with Gasteiger partial charge in [-0.25, -0.2) is 22.8 Å². The summed E-state index contributed by atoms with van der Waals surface area (Å²) in [5, 5.41) is 14.0. The molecule has 1 atom stereocenters. The third kappa shape index (κ3) is 7.56. The van der Waals surface area contributed by atoms with Crippen LogP contribution in [0.1, 0.15) is 53.9 Å². The number of hydrogen-bond donors (Lipinski definition) is 3. The van der Waals surface area contributed by atoms with E-state index in [0.717, 1.165) is 0 Å².